The molecule has 0 fully saturated rings. The van der Waals surface area contributed by atoms with Crippen molar-refractivity contribution in [3.05, 3.63) is 23.5 Å². The zero-order chi connectivity index (χ0) is 12.3. The SMILES string of the molecule is NCC#Cc1ccc(C#CCCCCCN)[nH]1. The van der Waals surface area contributed by atoms with Gasteiger partial charge in [-0.3, -0.25) is 0 Å². The number of nitrogens with two attached hydrogens (primary N) is 2. The molecule has 3 nitrogen and oxygen atoms in total. The number of hydrogen-bond acceptors (Lipinski definition) is 2. The number of aromatic amines is 1. The lowest BCUT2D eigenvalue weighted by Gasteiger charge is -1.91. The Hall–Kier alpha value is -1.68. The molecule has 1 aromatic heterocycles. The molecule has 0 aromatic carbocycles. The smallest absolute Gasteiger partial charge is 0.0903 e. The average Bonchev–Trinajstić information content (AvgIpc) is 2.79. The Labute approximate surface area is 103 Å². The summed E-state index contributed by atoms with van der Waals surface area (Å²) in [7, 11) is 0. The minimum atomic E-state index is 0.376. The van der Waals surface area contributed by atoms with Gasteiger partial charge >= 0.3 is 0 Å². The van der Waals surface area contributed by atoms with Crippen molar-refractivity contribution in [3.8, 4) is 23.7 Å². The van der Waals surface area contributed by atoms with E-state index >= 15 is 0 Å². The second-order valence-electron chi connectivity index (χ2n) is 3.69. The second kappa shape index (κ2) is 8.47. The van der Waals surface area contributed by atoms with Crippen LogP contribution in [0.15, 0.2) is 12.1 Å². The van der Waals surface area contributed by atoms with Crippen molar-refractivity contribution in [2.75, 3.05) is 13.1 Å². The first-order chi connectivity index (χ1) is 8.36. The van der Waals surface area contributed by atoms with Crippen LogP contribution in [0.3, 0.4) is 0 Å². The third-order valence-corrected chi connectivity index (χ3v) is 2.24. The molecule has 0 atom stereocenters. The minimum Gasteiger partial charge on any atom is -0.342 e. The molecule has 1 rings (SSSR count). The van der Waals surface area contributed by atoms with Crippen LogP contribution >= 0.6 is 0 Å². The van der Waals surface area contributed by atoms with Gasteiger partial charge < -0.3 is 16.5 Å². The molecule has 90 valence electrons. The fourth-order valence-electron chi connectivity index (χ4n) is 1.38. The van der Waals surface area contributed by atoms with Crippen LogP contribution in [-0.2, 0) is 0 Å². The molecule has 0 radical (unpaired) electrons. The number of H-pyrrole nitrogens is 1. The summed E-state index contributed by atoms with van der Waals surface area (Å²) in [5.41, 5.74) is 12.5. The Bertz CT molecular complexity index is 437. The van der Waals surface area contributed by atoms with Crippen LogP contribution in [0.1, 0.15) is 37.1 Å². The number of aromatic nitrogens is 1. The maximum atomic E-state index is 5.41. The van der Waals surface area contributed by atoms with Gasteiger partial charge in [0.1, 0.15) is 0 Å². The molecule has 17 heavy (non-hydrogen) atoms. The monoisotopic (exact) mass is 229 g/mol. The summed E-state index contributed by atoms with van der Waals surface area (Å²) in [4.78, 5) is 3.13. The fourth-order valence-corrected chi connectivity index (χ4v) is 1.38. The third-order valence-electron chi connectivity index (χ3n) is 2.24. The molecule has 0 saturated carbocycles. The first kappa shape index (κ1) is 13.4. The van der Waals surface area contributed by atoms with Gasteiger partial charge in [-0.25, -0.2) is 0 Å². The number of unbranched alkanes of at least 4 members (excludes halogenated alkanes) is 3. The van der Waals surface area contributed by atoms with Gasteiger partial charge in [0.15, 0.2) is 0 Å². The van der Waals surface area contributed by atoms with Crippen molar-refractivity contribution in [2.45, 2.75) is 25.7 Å². The minimum absolute atomic E-state index is 0.376. The molecule has 0 aliphatic heterocycles. The van der Waals surface area contributed by atoms with Gasteiger partial charge in [0, 0.05) is 6.42 Å². The van der Waals surface area contributed by atoms with Crippen molar-refractivity contribution in [1.29, 1.82) is 0 Å². The third kappa shape index (κ3) is 5.82. The van der Waals surface area contributed by atoms with Gasteiger partial charge in [-0.2, -0.15) is 0 Å². The van der Waals surface area contributed by atoms with Gasteiger partial charge in [-0.1, -0.05) is 18.3 Å². The fraction of sp³-hybridized carbons (Fsp3) is 0.429. The zero-order valence-corrected chi connectivity index (χ0v) is 10.1. The van der Waals surface area contributed by atoms with Crippen LogP contribution in [0, 0.1) is 23.7 Å². The van der Waals surface area contributed by atoms with E-state index in [1.54, 1.807) is 0 Å². The summed E-state index contributed by atoms with van der Waals surface area (Å²) in [6, 6.07) is 3.86. The molecule has 0 saturated heterocycles. The predicted molar refractivity (Wildman–Crippen MR) is 71.1 cm³/mol. The standard InChI is InChI=1S/C14H19N3/c15-11-5-3-1-2-4-7-13-9-10-14(17-13)8-6-12-16/h9-10,17H,1-3,5,11-12,15-16H2. The van der Waals surface area contributed by atoms with Crippen LogP contribution in [0.25, 0.3) is 0 Å². The van der Waals surface area contributed by atoms with Gasteiger partial charge in [-0.05, 0) is 43.4 Å². The molecular formula is C14H19N3. The molecule has 1 aromatic rings. The molecule has 3 heteroatoms. The number of hydrogen-bond donors (Lipinski definition) is 3. The molecule has 1 heterocycles. The Morgan fingerprint density at radius 1 is 0.941 bits per heavy atom. The highest BCUT2D eigenvalue weighted by Crippen LogP contribution is 2.00. The van der Waals surface area contributed by atoms with Crippen LogP contribution in [0.4, 0.5) is 0 Å². The lowest BCUT2D eigenvalue weighted by molar-refractivity contribution is 0.701. The predicted octanol–water partition coefficient (Wildman–Crippen LogP) is 1.20. The first-order valence-corrected chi connectivity index (χ1v) is 5.93. The summed E-state index contributed by atoms with van der Waals surface area (Å²) in [6.07, 6.45) is 4.28. The van der Waals surface area contributed by atoms with Crippen LogP contribution in [-0.4, -0.2) is 18.1 Å². The van der Waals surface area contributed by atoms with E-state index in [4.69, 9.17) is 11.5 Å². The van der Waals surface area contributed by atoms with Gasteiger partial charge in [-0.15, -0.1) is 0 Å². The molecule has 0 aliphatic rings. The highest BCUT2D eigenvalue weighted by Gasteiger charge is 1.91. The molecule has 0 bridgehead atoms. The van der Waals surface area contributed by atoms with Gasteiger partial charge in [0.05, 0.1) is 17.9 Å². The first-order valence-electron chi connectivity index (χ1n) is 5.93. The second-order valence-corrected chi connectivity index (χ2v) is 3.69. The summed E-state index contributed by atoms with van der Waals surface area (Å²) >= 11 is 0. The lowest BCUT2D eigenvalue weighted by Crippen LogP contribution is -1.97. The lowest BCUT2D eigenvalue weighted by atomic mass is 10.2. The van der Waals surface area contributed by atoms with E-state index in [-0.39, 0.29) is 0 Å². The Balaban J connectivity index is 2.36. The summed E-state index contributed by atoms with van der Waals surface area (Å²) < 4.78 is 0. The molecule has 5 N–H and O–H groups in total. The topological polar surface area (TPSA) is 67.8 Å². The average molecular weight is 229 g/mol. The Kier molecular flexibility index (Phi) is 6.67. The largest absolute Gasteiger partial charge is 0.342 e. The van der Waals surface area contributed by atoms with Crippen molar-refractivity contribution in [2.24, 2.45) is 11.5 Å². The van der Waals surface area contributed by atoms with Crippen molar-refractivity contribution in [3.63, 3.8) is 0 Å². The normalized spacial score (nSPS) is 9.06. The van der Waals surface area contributed by atoms with E-state index in [2.05, 4.69) is 28.7 Å². The van der Waals surface area contributed by atoms with Crippen molar-refractivity contribution in [1.82, 2.24) is 4.98 Å². The number of nitrogens with one attached hydrogen (secondary N) is 1. The molecule has 0 spiro atoms. The Morgan fingerprint density at radius 2 is 1.65 bits per heavy atom. The molecule has 0 aliphatic carbocycles. The van der Waals surface area contributed by atoms with Crippen molar-refractivity contribution < 1.29 is 0 Å². The summed E-state index contributed by atoms with van der Waals surface area (Å²) in [6.45, 7) is 1.15. The molecule has 0 unspecified atom stereocenters. The zero-order valence-electron chi connectivity index (χ0n) is 10.1. The van der Waals surface area contributed by atoms with E-state index in [1.165, 1.54) is 0 Å². The quantitative estimate of drug-likeness (QED) is 0.536. The summed E-state index contributed by atoms with van der Waals surface area (Å²) in [5, 5.41) is 0. The van der Waals surface area contributed by atoms with Crippen LogP contribution in [0.2, 0.25) is 0 Å². The van der Waals surface area contributed by atoms with Gasteiger partial charge in [0.25, 0.3) is 0 Å². The van der Waals surface area contributed by atoms with E-state index in [0.29, 0.717) is 6.54 Å². The van der Waals surface area contributed by atoms with Crippen molar-refractivity contribution >= 4 is 0 Å². The molecular weight excluding hydrogens is 210 g/mol. The molecule has 0 amide bonds. The number of rotatable bonds is 4. The highest BCUT2D eigenvalue weighted by molar-refractivity contribution is 5.37. The summed E-state index contributed by atoms with van der Waals surface area (Å²) in [5.74, 6) is 11.9. The van der Waals surface area contributed by atoms with E-state index in [9.17, 15) is 0 Å². The maximum absolute atomic E-state index is 5.41. The van der Waals surface area contributed by atoms with Crippen LogP contribution in [0.5, 0.6) is 0 Å². The van der Waals surface area contributed by atoms with E-state index < -0.39 is 0 Å². The Morgan fingerprint density at radius 3 is 2.29 bits per heavy atom. The van der Waals surface area contributed by atoms with E-state index in [0.717, 1.165) is 43.6 Å². The van der Waals surface area contributed by atoms with E-state index in [1.807, 2.05) is 12.1 Å². The maximum Gasteiger partial charge on any atom is 0.0903 e. The highest BCUT2D eigenvalue weighted by atomic mass is 14.7. The van der Waals surface area contributed by atoms with Crippen LogP contribution < -0.4 is 11.5 Å². The van der Waals surface area contributed by atoms with Gasteiger partial charge in [0.2, 0.25) is 0 Å².